The summed E-state index contributed by atoms with van der Waals surface area (Å²) in [6.07, 6.45) is 5.07. The lowest BCUT2D eigenvalue weighted by atomic mass is 9.77. The van der Waals surface area contributed by atoms with Crippen molar-refractivity contribution in [3.05, 3.63) is 0 Å². The monoisotopic (exact) mass is 174 g/mol. The quantitative estimate of drug-likeness (QED) is 0.530. The Labute approximate surface area is 75.3 Å². The number of hydrogen-bond donors (Lipinski definition) is 0. The number of rotatable bonds is 1. The first-order chi connectivity index (χ1) is 5.04. The van der Waals surface area contributed by atoms with Gasteiger partial charge in [0.15, 0.2) is 0 Å². The highest BCUT2D eigenvalue weighted by molar-refractivity contribution is 6.24. The molecule has 0 aromatic rings. The van der Waals surface area contributed by atoms with E-state index in [2.05, 4.69) is 20.8 Å². The summed E-state index contributed by atoms with van der Waals surface area (Å²) in [5, 5.41) is 0. The van der Waals surface area contributed by atoms with E-state index in [9.17, 15) is 0 Å². The van der Waals surface area contributed by atoms with Crippen LogP contribution in [-0.2, 0) is 0 Å². The molecule has 1 fully saturated rings. The molecule has 0 unspecified atom stereocenters. The lowest BCUT2D eigenvalue weighted by Crippen LogP contribution is -2.32. The zero-order valence-corrected chi connectivity index (χ0v) is 8.62. The second-order valence-electron chi connectivity index (χ2n) is 4.37. The van der Waals surface area contributed by atoms with Crippen LogP contribution in [0.3, 0.4) is 0 Å². The van der Waals surface area contributed by atoms with Crippen molar-refractivity contribution in [3.63, 3.8) is 0 Å². The normalized spacial score (nSPS) is 39.5. The van der Waals surface area contributed by atoms with Crippen molar-refractivity contribution < 1.29 is 0 Å². The first-order valence-corrected chi connectivity index (χ1v) is 5.11. The van der Waals surface area contributed by atoms with Crippen LogP contribution < -0.4 is 0 Å². The molecule has 1 aliphatic rings. The molecule has 0 amide bonds. The maximum atomic E-state index is 6.48. The lowest BCUT2D eigenvalue weighted by molar-refractivity contribution is 0.261. The molecule has 0 aromatic heterocycles. The second-order valence-corrected chi connectivity index (χ2v) is 5.12. The third-order valence-electron chi connectivity index (χ3n) is 3.14. The fraction of sp³-hybridized carbons (Fsp3) is 1.00. The topological polar surface area (TPSA) is 0 Å². The highest BCUT2D eigenvalue weighted by Crippen LogP contribution is 2.41. The molecule has 0 saturated heterocycles. The SMILES string of the molecule is CC1CCC(Cl)(C(C)C)CC1. The van der Waals surface area contributed by atoms with Crippen molar-refractivity contribution in [2.75, 3.05) is 0 Å². The van der Waals surface area contributed by atoms with E-state index in [1.54, 1.807) is 0 Å². The lowest BCUT2D eigenvalue weighted by Gasteiger charge is -2.37. The predicted octanol–water partition coefficient (Wildman–Crippen LogP) is 3.83. The average molecular weight is 175 g/mol. The minimum absolute atomic E-state index is 0.131. The van der Waals surface area contributed by atoms with Crippen molar-refractivity contribution in [2.45, 2.75) is 51.3 Å². The maximum Gasteiger partial charge on any atom is 0.0469 e. The molecule has 0 atom stereocenters. The Morgan fingerprint density at radius 3 is 2.09 bits per heavy atom. The van der Waals surface area contributed by atoms with Gasteiger partial charge in [0.1, 0.15) is 0 Å². The van der Waals surface area contributed by atoms with Crippen molar-refractivity contribution in [3.8, 4) is 0 Å². The van der Waals surface area contributed by atoms with Crippen LogP contribution in [0.2, 0.25) is 0 Å². The molecule has 1 rings (SSSR count). The molecule has 0 nitrogen and oxygen atoms in total. The van der Waals surface area contributed by atoms with Gasteiger partial charge in [0.25, 0.3) is 0 Å². The summed E-state index contributed by atoms with van der Waals surface area (Å²) >= 11 is 6.48. The van der Waals surface area contributed by atoms with Crippen LogP contribution >= 0.6 is 11.6 Å². The van der Waals surface area contributed by atoms with E-state index in [1.165, 1.54) is 25.7 Å². The molecule has 0 N–H and O–H groups in total. The third-order valence-corrected chi connectivity index (χ3v) is 3.95. The van der Waals surface area contributed by atoms with Crippen LogP contribution in [0.5, 0.6) is 0 Å². The molecule has 0 aromatic carbocycles. The smallest absolute Gasteiger partial charge is 0.0469 e. The van der Waals surface area contributed by atoms with E-state index < -0.39 is 0 Å². The molecule has 1 heteroatoms. The fourth-order valence-electron chi connectivity index (χ4n) is 1.82. The molecule has 0 bridgehead atoms. The zero-order valence-electron chi connectivity index (χ0n) is 7.86. The van der Waals surface area contributed by atoms with Gasteiger partial charge in [-0.2, -0.15) is 0 Å². The van der Waals surface area contributed by atoms with E-state index in [1.807, 2.05) is 0 Å². The zero-order chi connectivity index (χ0) is 8.48. The standard InChI is InChI=1S/C10H19Cl/c1-8(2)10(11)6-4-9(3)5-7-10/h8-9H,4-7H2,1-3H3. The van der Waals surface area contributed by atoms with Gasteiger partial charge in [0.05, 0.1) is 0 Å². The van der Waals surface area contributed by atoms with Crippen molar-refractivity contribution >= 4 is 11.6 Å². The molecular formula is C10H19Cl. The summed E-state index contributed by atoms with van der Waals surface area (Å²) in [4.78, 5) is 0.131. The highest BCUT2D eigenvalue weighted by atomic mass is 35.5. The second kappa shape index (κ2) is 3.35. The Hall–Kier alpha value is 0.290. The molecule has 11 heavy (non-hydrogen) atoms. The summed E-state index contributed by atoms with van der Waals surface area (Å²) in [5.41, 5.74) is 0. The molecule has 66 valence electrons. The Morgan fingerprint density at radius 1 is 1.27 bits per heavy atom. The summed E-state index contributed by atoms with van der Waals surface area (Å²) < 4.78 is 0. The van der Waals surface area contributed by atoms with E-state index >= 15 is 0 Å². The molecule has 0 heterocycles. The molecular weight excluding hydrogens is 156 g/mol. The van der Waals surface area contributed by atoms with Crippen LogP contribution in [-0.4, -0.2) is 4.87 Å². The highest BCUT2D eigenvalue weighted by Gasteiger charge is 2.34. The summed E-state index contributed by atoms with van der Waals surface area (Å²) in [6.45, 7) is 6.81. The third kappa shape index (κ3) is 2.11. The number of alkyl halides is 1. The van der Waals surface area contributed by atoms with Gasteiger partial charge in [-0.3, -0.25) is 0 Å². The van der Waals surface area contributed by atoms with E-state index in [-0.39, 0.29) is 4.87 Å². The Balaban J connectivity index is 2.48. The molecule has 0 spiro atoms. The van der Waals surface area contributed by atoms with Gasteiger partial charge in [-0.15, -0.1) is 11.6 Å². The number of halogens is 1. The predicted molar refractivity (Wildman–Crippen MR) is 51.1 cm³/mol. The molecule has 0 radical (unpaired) electrons. The Kier molecular flexibility index (Phi) is 2.85. The minimum atomic E-state index is 0.131. The summed E-state index contributed by atoms with van der Waals surface area (Å²) in [7, 11) is 0. The van der Waals surface area contributed by atoms with Gasteiger partial charge >= 0.3 is 0 Å². The van der Waals surface area contributed by atoms with Crippen LogP contribution in [0.1, 0.15) is 46.5 Å². The van der Waals surface area contributed by atoms with Crippen LogP contribution in [0.4, 0.5) is 0 Å². The largest absolute Gasteiger partial charge is 0.119 e. The van der Waals surface area contributed by atoms with Gasteiger partial charge in [0, 0.05) is 4.87 Å². The number of hydrogen-bond acceptors (Lipinski definition) is 0. The Bertz CT molecular complexity index is 121. The van der Waals surface area contributed by atoms with E-state index in [0.29, 0.717) is 5.92 Å². The van der Waals surface area contributed by atoms with Gasteiger partial charge in [-0.05, 0) is 37.5 Å². The van der Waals surface area contributed by atoms with E-state index in [0.717, 1.165) is 5.92 Å². The van der Waals surface area contributed by atoms with Crippen LogP contribution in [0.25, 0.3) is 0 Å². The maximum absolute atomic E-state index is 6.48. The summed E-state index contributed by atoms with van der Waals surface area (Å²) in [5.74, 6) is 1.54. The van der Waals surface area contributed by atoms with Crippen LogP contribution in [0.15, 0.2) is 0 Å². The first-order valence-electron chi connectivity index (χ1n) is 4.73. The van der Waals surface area contributed by atoms with Crippen molar-refractivity contribution in [2.24, 2.45) is 11.8 Å². The fourth-order valence-corrected chi connectivity index (χ4v) is 2.04. The first kappa shape index (κ1) is 9.38. The van der Waals surface area contributed by atoms with Gasteiger partial charge in [0.2, 0.25) is 0 Å². The molecule has 0 aliphatic heterocycles. The van der Waals surface area contributed by atoms with Crippen molar-refractivity contribution in [1.82, 2.24) is 0 Å². The van der Waals surface area contributed by atoms with Crippen LogP contribution in [0, 0.1) is 11.8 Å². The molecule has 1 saturated carbocycles. The van der Waals surface area contributed by atoms with Crippen molar-refractivity contribution in [1.29, 1.82) is 0 Å². The van der Waals surface area contributed by atoms with Gasteiger partial charge < -0.3 is 0 Å². The van der Waals surface area contributed by atoms with Gasteiger partial charge in [-0.25, -0.2) is 0 Å². The summed E-state index contributed by atoms with van der Waals surface area (Å²) in [6, 6.07) is 0. The van der Waals surface area contributed by atoms with Gasteiger partial charge in [-0.1, -0.05) is 20.8 Å². The average Bonchev–Trinajstić information content (AvgIpc) is 1.95. The minimum Gasteiger partial charge on any atom is -0.119 e. The van der Waals surface area contributed by atoms with E-state index in [4.69, 9.17) is 11.6 Å². The molecule has 1 aliphatic carbocycles. The Morgan fingerprint density at radius 2 is 1.73 bits per heavy atom.